The van der Waals surface area contributed by atoms with E-state index in [4.69, 9.17) is 9.47 Å². The van der Waals surface area contributed by atoms with Crippen LogP contribution in [0.3, 0.4) is 0 Å². The van der Waals surface area contributed by atoms with Gasteiger partial charge in [-0.05, 0) is 32.4 Å². The van der Waals surface area contributed by atoms with Crippen molar-refractivity contribution in [1.29, 1.82) is 0 Å². The minimum Gasteiger partial charge on any atom is -0.379 e. The average molecular weight is 254 g/mol. The predicted octanol–water partition coefficient (Wildman–Crippen LogP) is 0.964. The summed E-state index contributed by atoms with van der Waals surface area (Å²) in [5, 5.41) is 0. The first kappa shape index (κ1) is 12.9. The number of nitrogens with zero attached hydrogens (tertiary/aromatic N) is 2. The van der Waals surface area contributed by atoms with Gasteiger partial charge in [0.2, 0.25) is 0 Å². The molecule has 0 aromatic rings. The molecule has 3 fully saturated rings. The Bertz CT molecular complexity index is 261. The molecular formula is C14H26N2O2. The maximum Gasteiger partial charge on any atom is 0.0701 e. The Morgan fingerprint density at radius 2 is 1.61 bits per heavy atom. The van der Waals surface area contributed by atoms with Gasteiger partial charge in [0.25, 0.3) is 0 Å². The molecule has 0 aromatic heterocycles. The molecule has 1 atom stereocenters. The molecule has 3 rings (SSSR count). The Balaban J connectivity index is 1.53. The van der Waals surface area contributed by atoms with Gasteiger partial charge in [-0.15, -0.1) is 0 Å². The zero-order valence-corrected chi connectivity index (χ0v) is 11.4. The molecule has 0 unspecified atom stereocenters. The lowest BCUT2D eigenvalue weighted by molar-refractivity contribution is -0.0733. The molecule has 3 aliphatic heterocycles. The summed E-state index contributed by atoms with van der Waals surface area (Å²) in [6.45, 7) is 9.62. The molecule has 0 N–H and O–H groups in total. The fraction of sp³-hybridized carbons (Fsp3) is 1.00. The minimum absolute atomic E-state index is 0.202. The van der Waals surface area contributed by atoms with Crippen LogP contribution >= 0.6 is 0 Å². The molecule has 0 bridgehead atoms. The number of hydrogen-bond donors (Lipinski definition) is 0. The van der Waals surface area contributed by atoms with E-state index in [1.807, 2.05) is 0 Å². The van der Waals surface area contributed by atoms with Gasteiger partial charge in [0.1, 0.15) is 0 Å². The third-order valence-corrected chi connectivity index (χ3v) is 4.76. The summed E-state index contributed by atoms with van der Waals surface area (Å²) in [4.78, 5) is 5.26. The molecule has 3 aliphatic rings. The maximum absolute atomic E-state index is 5.69. The van der Waals surface area contributed by atoms with Gasteiger partial charge in [-0.1, -0.05) is 6.42 Å². The van der Waals surface area contributed by atoms with Crippen LogP contribution in [0.2, 0.25) is 0 Å². The normalized spacial score (nSPS) is 35.3. The predicted molar refractivity (Wildman–Crippen MR) is 70.9 cm³/mol. The highest BCUT2D eigenvalue weighted by molar-refractivity contribution is 4.96. The van der Waals surface area contributed by atoms with Gasteiger partial charge in [0.05, 0.1) is 25.4 Å². The van der Waals surface area contributed by atoms with Crippen LogP contribution in [0.5, 0.6) is 0 Å². The standard InChI is InChI=1S/C14H26N2O2/c1-2-5-15(6-3-1)7-8-16-9-11-18-13-14(16)4-10-17-12-14/h1-13H2/t14-/m0/s1. The second-order valence-electron chi connectivity index (χ2n) is 5.97. The Kier molecular flexibility index (Phi) is 4.19. The summed E-state index contributed by atoms with van der Waals surface area (Å²) < 4.78 is 11.3. The van der Waals surface area contributed by atoms with Crippen molar-refractivity contribution in [3.63, 3.8) is 0 Å². The highest BCUT2D eigenvalue weighted by Crippen LogP contribution is 2.29. The van der Waals surface area contributed by atoms with Gasteiger partial charge >= 0.3 is 0 Å². The van der Waals surface area contributed by atoms with E-state index in [0.29, 0.717) is 0 Å². The smallest absolute Gasteiger partial charge is 0.0701 e. The van der Waals surface area contributed by atoms with Crippen molar-refractivity contribution >= 4 is 0 Å². The molecule has 0 amide bonds. The first-order valence-electron chi connectivity index (χ1n) is 7.52. The van der Waals surface area contributed by atoms with Gasteiger partial charge < -0.3 is 14.4 Å². The largest absolute Gasteiger partial charge is 0.379 e. The van der Waals surface area contributed by atoms with Crippen LogP contribution in [0, 0.1) is 0 Å². The van der Waals surface area contributed by atoms with Crippen LogP contribution in [-0.4, -0.2) is 74.5 Å². The van der Waals surface area contributed by atoms with Gasteiger partial charge in [-0.2, -0.15) is 0 Å². The monoisotopic (exact) mass is 254 g/mol. The quantitative estimate of drug-likeness (QED) is 0.749. The minimum atomic E-state index is 0.202. The third-order valence-electron chi connectivity index (χ3n) is 4.76. The molecule has 3 heterocycles. The highest BCUT2D eigenvalue weighted by Gasteiger charge is 2.42. The average Bonchev–Trinajstić information content (AvgIpc) is 2.88. The van der Waals surface area contributed by atoms with Crippen molar-refractivity contribution in [2.75, 3.05) is 59.2 Å². The lowest BCUT2D eigenvalue weighted by Gasteiger charge is -2.44. The van der Waals surface area contributed by atoms with Crippen molar-refractivity contribution in [2.45, 2.75) is 31.2 Å². The zero-order valence-electron chi connectivity index (χ0n) is 11.4. The summed E-state index contributed by atoms with van der Waals surface area (Å²) in [6, 6.07) is 0. The van der Waals surface area contributed by atoms with Gasteiger partial charge in [0.15, 0.2) is 0 Å². The van der Waals surface area contributed by atoms with Crippen molar-refractivity contribution in [3.8, 4) is 0 Å². The molecule has 18 heavy (non-hydrogen) atoms. The second-order valence-corrected chi connectivity index (χ2v) is 5.97. The SMILES string of the molecule is C1CCN(CCN2CCOC[C@@]23CCOC3)CC1. The van der Waals surface area contributed by atoms with E-state index in [-0.39, 0.29) is 5.54 Å². The Hall–Kier alpha value is -0.160. The van der Waals surface area contributed by atoms with Gasteiger partial charge in [-0.3, -0.25) is 4.90 Å². The number of piperidine rings is 1. The molecule has 0 aromatic carbocycles. The van der Waals surface area contributed by atoms with Crippen molar-refractivity contribution < 1.29 is 9.47 Å². The molecule has 1 spiro atoms. The molecule has 104 valence electrons. The number of ether oxygens (including phenoxy) is 2. The van der Waals surface area contributed by atoms with Crippen LogP contribution in [0.15, 0.2) is 0 Å². The van der Waals surface area contributed by atoms with E-state index < -0.39 is 0 Å². The van der Waals surface area contributed by atoms with Crippen LogP contribution in [0.1, 0.15) is 25.7 Å². The second kappa shape index (κ2) is 5.87. The van der Waals surface area contributed by atoms with E-state index in [9.17, 15) is 0 Å². The van der Waals surface area contributed by atoms with E-state index in [1.165, 1.54) is 45.4 Å². The fourth-order valence-electron chi connectivity index (χ4n) is 3.52. The van der Waals surface area contributed by atoms with Crippen molar-refractivity contribution in [2.24, 2.45) is 0 Å². The summed E-state index contributed by atoms with van der Waals surface area (Å²) in [7, 11) is 0. The van der Waals surface area contributed by atoms with E-state index >= 15 is 0 Å². The molecule has 4 heteroatoms. The Morgan fingerprint density at radius 3 is 2.39 bits per heavy atom. The van der Waals surface area contributed by atoms with Crippen LogP contribution in [0.4, 0.5) is 0 Å². The Labute approximate surface area is 110 Å². The molecule has 0 saturated carbocycles. The van der Waals surface area contributed by atoms with Crippen molar-refractivity contribution in [1.82, 2.24) is 9.80 Å². The van der Waals surface area contributed by atoms with Gasteiger partial charge in [-0.25, -0.2) is 0 Å². The summed E-state index contributed by atoms with van der Waals surface area (Å²) in [6.07, 6.45) is 5.34. The maximum atomic E-state index is 5.69. The first-order valence-corrected chi connectivity index (χ1v) is 7.52. The first-order chi connectivity index (χ1) is 8.89. The van der Waals surface area contributed by atoms with E-state index in [1.54, 1.807) is 0 Å². The summed E-state index contributed by atoms with van der Waals surface area (Å²) >= 11 is 0. The zero-order chi connectivity index (χ0) is 12.3. The van der Waals surface area contributed by atoms with E-state index in [2.05, 4.69) is 9.80 Å². The topological polar surface area (TPSA) is 24.9 Å². The summed E-state index contributed by atoms with van der Waals surface area (Å²) in [5.41, 5.74) is 0.202. The Morgan fingerprint density at radius 1 is 0.833 bits per heavy atom. The van der Waals surface area contributed by atoms with E-state index in [0.717, 1.165) is 39.4 Å². The lowest BCUT2D eigenvalue weighted by Crippen LogP contribution is -2.59. The number of rotatable bonds is 3. The molecule has 4 nitrogen and oxygen atoms in total. The van der Waals surface area contributed by atoms with Crippen molar-refractivity contribution in [3.05, 3.63) is 0 Å². The van der Waals surface area contributed by atoms with Crippen LogP contribution < -0.4 is 0 Å². The number of hydrogen-bond acceptors (Lipinski definition) is 4. The van der Waals surface area contributed by atoms with Crippen LogP contribution in [0.25, 0.3) is 0 Å². The number of likely N-dealkylation sites (tertiary alicyclic amines) is 1. The fourth-order valence-corrected chi connectivity index (χ4v) is 3.52. The molecule has 0 aliphatic carbocycles. The molecule has 3 saturated heterocycles. The van der Waals surface area contributed by atoms with Gasteiger partial charge in [0, 0.05) is 26.2 Å². The summed E-state index contributed by atoms with van der Waals surface area (Å²) in [5.74, 6) is 0. The molecule has 0 radical (unpaired) electrons. The third kappa shape index (κ3) is 2.72. The van der Waals surface area contributed by atoms with Crippen LogP contribution in [-0.2, 0) is 9.47 Å². The molecular weight excluding hydrogens is 228 g/mol. The lowest BCUT2D eigenvalue weighted by atomic mass is 9.96. The highest BCUT2D eigenvalue weighted by atomic mass is 16.5. The number of morpholine rings is 1.